The van der Waals surface area contributed by atoms with Crippen molar-refractivity contribution in [1.29, 1.82) is 0 Å². The lowest BCUT2D eigenvalue weighted by atomic mass is 9.93. The van der Waals surface area contributed by atoms with Gasteiger partial charge in [0, 0.05) is 18.5 Å². The molecule has 2 aliphatic rings. The van der Waals surface area contributed by atoms with Crippen LogP contribution in [0.25, 0.3) is 0 Å². The first kappa shape index (κ1) is 16.5. The minimum Gasteiger partial charge on any atom is -0.486 e. The van der Waals surface area contributed by atoms with E-state index in [4.69, 9.17) is 9.47 Å². The molecule has 0 spiro atoms. The zero-order valence-corrected chi connectivity index (χ0v) is 13.4. The Morgan fingerprint density at radius 2 is 2.09 bits per heavy atom. The minimum atomic E-state index is -2.64. The summed E-state index contributed by atoms with van der Waals surface area (Å²) in [4.78, 5) is 0. The zero-order chi connectivity index (χ0) is 16.3. The topological polar surface area (TPSA) is 42.5 Å². The predicted molar refractivity (Wildman–Crippen MR) is 84.4 cm³/mol. The molecule has 2 atom stereocenters. The van der Waals surface area contributed by atoms with Crippen LogP contribution in [0.4, 0.5) is 8.78 Å². The van der Waals surface area contributed by atoms with E-state index in [1.807, 2.05) is 18.2 Å². The Labute approximate surface area is 135 Å². The van der Waals surface area contributed by atoms with Crippen LogP contribution in [0.3, 0.4) is 0 Å². The number of ether oxygens (including phenoxy) is 2. The summed E-state index contributed by atoms with van der Waals surface area (Å²) in [5, 5.41) is 6.08. The van der Waals surface area contributed by atoms with Crippen LogP contribution in [-0.2, 0) is 0 Å². The lowest BCUT2D eigenvalue weighted by molar-refractivity contribution is -0.0727. The predicted octanol–water partition coefficient (Wildman–Crippen LogP) is 2.74. The quantitative estimate of drug-likeness (QED) is 0.873. The van der Waals surface area contributed by atoms with Crippen molar-refractivity contribution in [2.45, 2.75) is 31.7 Å². The van der Waals surface area contributed by atoms with E-state index in [1.165, 1.54) is 0 Å². The molecule has 23 heavy (non-hydrogen) atoms. The van der Waals surface area contributed by atoms with Gasteiger partial charge in [0.05, 0.1) is 6.54 Å². The van der Waals surface area contributed by atoms with Crippen molar-refractivity contribution in [2.24, 2.45) is 5.92 Å². The molecule has 2 heterocycles. The van der Waals surface area contributed by atoms with Crippen molar-refractivity contribution in [3.8, 4) is 11.5 Å². The molecule has 2 N–H and O–H groups in total. The van der Waals surface area contributed by atoms with E-state index in [-0.39, 0.29) is 12.6 Å². The number of fused-ring (bicyclic) bond motifs is 1. The molecule has 1 aromatic carbocycles. The summed E-state index contributed by atoms with van der Waals surface area (Å²) in [5.41, 5.74) is 1.05. The molecule has 4 nitrogen and oxygen atoms in total. The van der Waals surface area contributed by atoms with Crippen LogP contribution in [0.1, 0.15) is 31.4 Å². The molecule has 1 aromatic rings. The third kappa shape index (κ3) is 3.75. The summed E-state index contributed by atoms with van der Waals surface area (Å²) in [6, 6.07) is 5.87. The third-order valence-electron chi connectivity index (χ3n) is 4.62. The first-order valence-corrected chi connectivity index (χ1v) is 8.31. The number of alkyl halides is 2. The molecule has 0 saturated carbocycles. The van der Waals surface area contributed by atoms with Crippen molar-refractivity contribution in [1.82, 2.24) is 10.6 Å². The monoisotopic (exact) mass is 326 g/mol. The zero-order valence-electron chi connectivity index (χ0n) is 13.4. The van der Waals surface area contributed by atoms with Gasteiger partial charge in [0.1, 0.15) is 13.2 Å². The van der Waals surface area contributed by atoms with Crippen LogP contribution < -0.4 is 20.1 Å². The Morgan fingerprint density at radius 1 is 1.30 bits per heavy atom. The lowest BCUT2D eigenvalue weighted by Gasteiger charge is -2.33. The summed E-state index contributed by atoms with van der Waals surface area (Å²) in [7, 11) is 0. The highest BCUT2D eigenvalue weighted by molar-refractivity contribution is 5.44. The van der Waals surface area contributed by atoms with Crippen molar-refractivity contribution in [2.75, 3.05) is 32.8 Å². The Morgan fingerprint density at radius 3 is 2.83 bits per heavy atom. The second-order valence-electron chi connectivity index (χ2n) is 6.20. The van der Waals surface area contributed by atoms with Crippen molar-refractivity contribution in [3.63, 3.8) is 0 Å². The van der Waals surface area contributed by atoms with E-state index >= 15 is 0 Å². The number of benzene rings is 1. The molecule has 1 saturated heterocycles. The highest BCUT2D eigenvalue weighted by Crippen LogP contribution is 2.34. The van der Waals surface area contributed by atoms with Gasteiger partial charge >= 0.3 is 0 Å². The van der Waals surface area contributed by atoms with Gasteiger partial charge in [0.15, 0.2) is 11.5 Å². The van der Waals surface area contributed by atoms with E-state index in [2.05, 4.69) is 17.6 Å². The van der Waals surface area contributed by atoms with Gasteiger partial charge in [-0.05, 0) is 37.1 Å². The SMILES string of the molecule is CCC(NCC1CCNCC1(F)F)c1ccc2c(c1)OCCO2. The molecule has 0 radical (unpaired) electrons. The molecule has 3 rings (SSSR count). The van der Waals surface area contributed by atoms with Crippen LogP contribution in [-0.4, -0.2) is 38.8 Å². The van der Waals surface area contributed by atoms with Gasteiger partial charge in [-0.1, -0.05) is 13.0 Å². The van der Waals surface area contributed by atoms with Gasteiger partial charge in [-0.3, -0.25) is 0 Å². The molecule has 2 unspecified atom stereocenters. The van der Waals surface area contributed by atoms with Gasteiger partial charge < -0.3 is 20.1 Å². The van der Waals surface area contributed by atoms with Crippen LogP contribution in [0.15, 0.2) is 18.2 Å². The van der Waals surface area contributed by atoms with Crippen LogP contribution >= 0.6 is 0 Å². The van der Waals surface area contributed by atoms with Gasteiger partial charge in [-0.2, -0.15) is 0 Å². The fraction of sp³-hybridized carbons (Fsp3) is 0.647. The number of hydrogen-bond acceptors (Lipinski definition) is 4. The number of rotatable bonds is 5. The highest BCUT2D eigenvalue weighted by atomic mass is 19.3. The molecule has 0 amide bonds. The van der Waals surface area contributed by atoms with Crippen LogP contribution in [0, 0.1) is 5.92 Å². The fourth-order valence-corrected chi connectivity index (χ4v) is 3.20. The molecule has 1 fully saturated rings. The summed E-state index contributed by atoms with van der Waals surface area (Å²) >= 11 is 0. The Bertz CT molecular complexity index is 539. The number of hydrogen-bond donors (Lipinski definition) is 2. The van der Waals surface area contributed by atoms with E-state index in [1.54, 1.807) is 0 Å². The molecule has 0 aromatic heterocycles. The van der Waals surface area contributed by atoms with Crippen molar-refractivity contribution >= 4 is 0 Å². The average Bonchev–Trinajstić information content (AvgIpc) is 2.56. The van der Waals surface area contributed by atoms with E-state index in [9.17, 15) is 8.78 Å². The van der Waals surface area contributed by atoms with Gasteiger partial charge in [-0.15, -0.1) is 0 Å². The first-order valence-electron chi connectivity index (χ1n) is 8.31. The number of halogens is 2. The normalized spacial score (nSPS) is 24.2. The third-order valence-corrected chi connectivity index (χ3v) is 4.62. The molecular formula is C17H24F2N2O2. The second-order valence-corrected chi connectivity index (χ2v) is 6.20. The average molecular weight is 326 g/mol. The van der Waals surface area contributed by atoms with Crippen LogP contribution in [0.2, 0.25) is 0 Å². The molecule has 0 bridgehead atoms. The lowest BCUT2D eigenvalue weighted by Crippen LogP contribution is -2.49. The van der Waals surface area contributed by atoms with Crippen molar-refractivity contribution in [3.05, 3.63) is 23.8 Å². The van der Waals surface area contributed by atoms with E-state index in [0.717, 1.165) is 23.5 Å². The maximum absolute atomic E-state index is 13.9. The molecule has 6 heteroatoms. The standard InChI is InChI=1S/C17H24F2N2O2/c1-2-14(21-10-13-5-6-20-11-17(13,18)19)12-3-4-15-16(9-12)23-8-7-22-15/h3-4,9,13-14,20-21H,2,5-8,10-11H2,1H3. The smallest absolute Gasteiger partial charge is 0.264 e. The Kier molecular flexibility index (Phi) is 5.02. The summed E-state index contributed by atoms with van der Waals surface area (Å²) < 4.78 is 39.0. The first-order chi connectivity index (χ1) is 11.1. The van der Waals surface area contributed by atoms with Gasteiger partial charge in [-0.25, -0.2) is 8.78 Å². The summed E-state index contributed by atoms with van der Waals surface area (Å²) in [6.07, 6.45) is 1.33. The number of piperidine rings is 1. The molecule has 0 aliphatic carbocycles. The highest BCUT2D eigenvalue weighted by Gasteiger charge is 2.41. The molecular weight excluding hydrogens is 302 g/mol. The molecule has 2 aliphatic heterocycles. The Hall–Kier alpha value is -1.40. The largest absolute Gasteiger partial charge is 0.486 e. The Balaban J connectivity index is 1.65. The fourth-order valence-electron chi connectivity index (χ4n) is 3.20. The second kappa shape index (κ2) is 7.01. The maximum Gasteiger partial charge on any atom is 0.264 e. The summed E-state index contributed by atoms with van der Waals surface area (Å²) in [6.45, 7) is 3.91. The summed E-state index contributed by atoms with van der Waals surface area (Å²) in [5.74, 6) is -1.77. The molecule has 128 valence electrons. The van der Waals surface area contributed by atoms with Crippen LogP contribution in [0.5, 0.6) is 11.5 Å². The van der Waals surface area contributed by atoms with E-state index in [0.29, 0.717) is 32.7 Å². The minimum absolute atomic E-state index is 0.0384. The van der Waals surface area contributed by atoms with E-state index < -0.39 is 11.8 Å². The number of nitrogens with one attached hydrogen (secondary N) is 2. The van der Waals surface area contributed by atoms with Gasteiger partial charge in [0.2, 0.25) is 0 Å². The van der Waals surface area contributed by atoms with Crippen molar-refractivity contribution < 1.29 is 18.3 Å². The maximum atomic E-state index is 13.9. The van der Waals surface area contributed by atoms with Gasteiger partial charge in [0.25, 0.3) is 5.92 Å².